The maximum Gasteiger partial charge on any atom is 0.214 e. The Balaban J connectivity index is 1.80. The summed E-state index contributed by atoms with van der Waals surface area (Å²) in [4.78, 5) is 2.53. The maximum atomic E-state index is 12.3. The molecule has 3 rings (SSSR count). The van der Waals surface area contributed by atoms with E-state index in [1.165, 1.54) is 11.1 Å². The lowest BCUT2D eigenvalue weighted by Gasteiger charge is -2.45. The summed E-state index contributed by atoms with van der Waals surface area (Å²) in [5, 5.41) is 0. The Hall–Kier alpha value is -0.910. The number of fused-ring (bicyclic) bond motifs is 3. The Morgan fingerprint density at radius 2 is 2.05 bits per heavy atom. The molecule has 1 aromatic carbocycles. The van der Waals surface area contributed by atoms with Gasteiger partial charge in [-0.15, -0.1) is 0 Å². The van der Waals surface area contributed by atoms with Crippen LogP contribution in [0.2, 0.25) is 0 Å². The van der Waals surface area contributed by atoms with Crippen LogP contribution in [0.3, 0.4) is 0 Å². The molecule has 2 heterocycles. The summed E-state index contributed by atoms with van der Waals surface area (Å²) >= 11 is 0. The number of rotatable bonds is 4. The van der Waals surface area contributed by atoms with Crippen LogP contribution in [0.15, 0.2) is 24.3 Å². The molecule has 0 bridgehead atoms. The standard InChI is InChI=1S/C17H26N2O2S/c1-3-12-22(20,21)18(2)15-9-11-19-10-8-14-6-4-5-7-16(14)17(19)13-15/h4-7,15,17H,3,8-13H2,1-2H3/t15-,17-/m0/s1. The number of piperidine rings is 1. The average molecular weight is 322 g/mol. The molecule has 5 heteroatoms. The minimum Gasteiger partial charge on any atom is -0.296 e. The zero-order chi connectivity index (χ0) is 15.7. The first-order valence-corrected chi connectivity index (χ1v) is 9.91. The maximum absolute atomic E-state index is 12.3. The molecule has 2 atom stereocenters. The van der Waals surface area contributed by atoms with Crippen LogP contribution >= 0.6 is 0 Å². The molecule has 0 spiro atoms. The SMILES string of the molecule is CCCS(=O)(=O)N(C)[C@H]1CCN2CCc3ccccc3[C@@H]2C1. The van der Waals surface area contributed by atoms with Crippen molar-refractivity contribution in [2.24, 2.45) is 0 Å². The van der Waals surface area contributed by atoms with E-state index in [4.69, 9.17) is 0 Å². The molecule has 0 unspecified atom stereocenters. The van der Waals surface area contributed by atoms with E-state index in [-0.39, 0.29) is 11.8 Å². The summed E-state index contributed by atoms with van der Waals surface area (Å²) in [6.45, 7) is 4.01. The van der Waals surface area contributed by atoms with Crippen molar-refractivity contribution in [3.63, 3.8) is 0 Å². The van der Waals surface area contributed by atoms with E-state index in [9.17, 15) is 8.42 Å². The molecule has 2 aliphatic rings. The minimum atomic E-state index is -3.11. The molecule has 1 fully saturated rings. The monoisotopic (exact) mass is 322 g/mol. The van der Waals surface area contributed by atoms with Crippen molar-refractivity contribution in [1.29, 1.82) is 0 Å². The largest absolute Gasteiger partial charge is 0.296 e. The van der Waals surface area contributed by atoms with Crippen LogP contribution in [0.1, 0.15) is 43.4 Å². The molecule has 1 aromatic rings. The smallest absolute Gasteiger partial charge is 0.214 e. The molecule has 2 aliphatic heterocycles. The van der Waals surface area contributed by atoms with Gasteiger partial charge in [-0.2, -0.15) is 0 Å². The molecular weight excluding hydrogens is 296 g/mol. The van der Waals surface area contributed by atoms with E-state index in [0.717, 1.165) is 32.4 Å². The molecule has 22 heavy (non-hydrogen) atoms. The van der Waals surface area contributed by atoms with Gasteiger partial charge in [0.2, 0.25) is 10.0 Å². The van der Waals surface area contributed by atoms with Gasteiger partial charge in [0.15, 0.2) is 0 Å². The lowest BCUT2D eigenvalue weighted by molar-refractivity contribution is 0.0969. The summed E-state index contributed by atoms with van der Waals surface area (Å²) in [5.41, 5.74) is 2.84. The Morgan fingerprint density at radius 1 is 1.27 bits per heavy atom. The van der Waals surface area contributed by atoms with E-state index in [2.05, 4.69) is 29.2 Å². The van der Waals surface area contributed by atoms with E-state index in [1.807, 2.05) is 6.92 Å². The molecule has 0 radical (unpaired) electrons. The highest BCUT2D eigenvalue weighted by Gasteiger charge is 2.37. The number of hydrogen-bond acceptors (Lipinski definition) is 3. The fourth-order valence-electron chi connectivity index (χ4n) is 3.90. The molecular formula is C17H26N2O2S. The van der Waals surface area contributed by atoms with Crippen molar-refractivity contribution in [1.82, 2.24) is 9.21 Å². The van der Waals surface area contributed by atoms with Gasteiger partial charge in [-0.1, -0.05) is 31.2 Å². The van der Waals surface area contributed by atoms with Gasteiger partial charge >= 0.3 is 0 Å². The zero-order valence-corrected chi connectivity index (χ0v) is 14.3. The fourth-order valence-corrected chi connectivity index (χ4v) is 5.35. The summed E-state index contributed by atoms with van der Waals surface area (Å²) in [5.74, 6) is 0.255. The van der Waals surface area contributed by atoms with Crippen LogP contribution in [0.4, 0.5) is 0 Å². The van der Waals surface area contributed by atoms with Gasteiger partial charge in [0.25, 0.3) is 0 Å². The second-order valence-electron chi connectivity index (χ2n) is 6.51. The van der Waals surface area contributed by atoms with Crippen molar-refractivity contribution in [3.05, 3.63) is 35.4 Å². The van der Waals surface area contributed by atoms with Crippen molar-refractivity contribution in [2.45, 2.75) is 44.7 Å². The Kier molecular flexibility index (Phi) is 4.57. The Labute approximate surface area is 134 Å². The van der Waals surface area contributed by atoms with Crippen LogP contribution in [-0.2, 0) is 16.4 Å². The first kappa shape index (κ1) is 16.0. The Bertz CT molecular complexity index is 629. The van der Waals surface area contributed by atoms with Crippen molar-refractivity contribution >= 4 is 10.0 Å². The highest BCUT2D eigenvalue weighted by Crippen LogP contribution is 2.38. The van der Waals surface area contributed by atoms with Crippen molar-refractivity contribution in [2.75, 3.05) is 25.9 Å². The summed E-state index contributed by atoms with van der Waals surface area (Å²) in [6.07, 6.45) is 3.65. The molecule has 0 amide bonds. The van der Waals surface area contributed by atoms with Gasteiger partial charge in [-0.25, -0.2) is 12.7 Å². The van der Waals surface area contributed by atoms with Crippen LogP contribution in [0.25, 0.3) is 0 Å². The van der Waals surface area contributed by atoms with Crippen molar-refractivity contribution in [3.8, 4) is 0 Å². The van der Waals surface area contributed by atoms with Gasteiger partial charge in [-0.3, -0.25) is 4.90 Å². The van der Waals surface area contributed by atoms with Gasteiger partial charge in [0, 0.05) is 32.2 Å². The van der Waals surface area contributed by atoms with Crippen LogP contribution < -0.4 is 0 Å². The van der Waals surface area contributed by atoms with E-state index in [1.54, 1.807) is 11.4 Å². The predicted molar refractivity (Wildman–Crippen MR) is 89.3 cm³/mol. The third-order valence-electron chi connectivity index (χ3n) is 5.18. The quantitative estimate of drug-likeness (QED) is 0.855. The average Bonchev–Trinajstić information content (AvgIpc) is 2.53. The fraction of sp³-hybridized carbons (Fsp3) is 0.647. The Morgan fingerprint density at radius 3 is 2.82 bits per heavy atom. The number of sulfonamides is 1. The molecule has 4 nitrogen and oxygen atoms in total. The first-order chi connectivity index (χ1) is 10.5. The van der Waals surface area contributed by atoms with E-state index in [0.29, 0.717) is 12.5 Å². The second kappa shape index (κ2) is 6.30. The number of benzene rings is 1. The first-order valence-electron chi connectivity index (χ1n) is 8.30. The van der Waals surface area contributed by atoms with Crippen LogP contribution in [0.5, 0.6) is 0 Å². The molecule has 0 saturated carbocycles. The van der Waals surface area contributed by atoms with Gasteiger partial charge in [0.05, 0.1) is 5.75 Å². The zero-order valence-electron chi connectivity index (χ0n) is 13.5. The van der Waals surface area contributed by atoms with Gasteiger partial charge in [-0.05, 0) is 36.8 Å². The van der Waals surface area contributed by atoms with E-state index < -0.39 is 10.0 Å². The molecule has 0 aromatic heterocycles. The second-order valence-corrected chi connectivity index (χ2v) is 8.66. The minimum absolute atomic E-state index is 0.129. The molecule has 0 N–H and O–H groups in total. The van der Waals surface area contributed by atoms with Crippen molar-refractivity contribution < 1.29 is 8.42 Å². The molecule has 1 saturated heterocycles. The van der Waals surface area contributed by atoms with Gasteiger partial charge < -0.3 is 0 Å². The molecule has 0 aliphatic carbocycles. The number of nitrogens with zero attached hydrogens (tertiary/aromatic N) is 2. The predicted octanol–water partition coefficient (Wildman–Crippen LogP) is 2.42. The summed E-state index contributed by atoms with van der Waals surface area (Å²) < 4.78 is 26.3. The summed E-state index contributed by atoms with van der Waals surface area (Å²) in [7, 11) is -1.35. The number of hydrogen-bond donors (Lipinski definition) is 0. The molecule has 122 valence electrons. The van der Waals surface area contributed by atoms with E-state index >= 15 is 0 Å². The normalized spacial score (nSPS) is 25.8. The lowest BCUT2D eigenvalue weighted by atomic mass is 9.85. The highest BCUT2D eigenvalue weighted by atomic mass is 32.2. The van der Waals surface area contributed by atoms with Crippen LogP contribution in [0, 0.1) is 0 Å². The third kappa shape index (κ3) is 2.94. The lowest BCUT2D eigenvalue weighted by Crippen LogP contribution is -2.49. The third-order valence-corrected chi connectivity index (χ3v) is 7.28. The topological polar surface area (TPSA) is 40.6 Å². The van der Waals surface area contributed by atoms with Gasteiger partial charge in [0.1, 0.15) is 0 Å². The summed E-state index contributed by atoms with van der Waals surface area (Å²) in [6, 6.07) is 9.14. The van der Waals surface area contributed by atoms with Crippen LogP contribution in [-0.4, -0.2) is 49.6 Å². The highest BCUT2D eigenvalue weighted by molar-refractivity contribution is 7.89.